The number of anilines is 2. The molecular formula is C9H17N5O2S. The highest BCUT2D eigenvalue weighted by Gasteiger charge is 2.04. The van der Waals surface area contributed by atoms with Gasteiger partial charge < -0.3 is 15.8 Å². The van der Waals surface area contributed by atoms with E-state index in [2.05, 4.69) is 20.3 Å². The summed E-state index contributed by atoms with van der Waals surface area (Å²) < 4.78 is 16.3. The van der Waals surface area contributed by atoms with Crippen LogP contribution >= 0.6 is 0 Å². The number of hydrogen-bond acceptors (Lipinski definition) is 7. The van der Waals surface area contributed by atoms with Gasteiger partial charge in [-0.2, -0.15) is 15.0 Å². The third-order valence-electron chi connectivity index (χ3n) is 1.84. The van der Waals surface area contributed by atoms with E-state index < -0.39 is 10.8 Å². The number of nitrogens with two attached hydrogens (primary N) is 1. The number of nitrogens with zero attached hydrogens (tertiary/aromatic N) is 3. The Balaban J connectivity index is 2.55. The Hall–Kier alpha value is -1.44. The Bertz CT molecular complexity index is 388. The summed E-state index contributed by atoms with van der Waals surface area (Å²) >= 11 is 0. The molecule has 0 spiro atoms. The van der Waals surface area contributed by atoms with E-state index in [-0.39, 0.29) is 12.0 Å². The van der Waals surface area contributed by atoms with Crippen molar-refractivity contribution in [1.29, 1.82) is 0 Å². The van der Waals surface area contributed by atoms with Crippen LogP contribution in [0.3, 0.4) is 0 Å². The molecule has 17 heavy (non-hydrogen) atoms. The third kappa shape index (κ3) is 4.94. The van der Waals surface area contributed by atoms with Crippen molar-refractivity contribution in [3.63, 3.8) is 0 Å². The van der Waals surface area contributed by atoms with Crippen molar-refractivity contribution < 1.29 is 8.95 Å². The normalized spacial score (nSPS) is 12.1. The Morgan fingerprint density at radius 2 is 2.12 bits per heavy atom. The summed E-state index contributed by atoms with van der Waals surface area (Å²) in [7, 11) is -0.811. The van der Waals surface area contributed by atoms with Crippen LogP contribution in [0.5, 0.6) is 6.01 Å². The van der Waals surface area contributed by atoms with Crippen molar-refractivity contribution in [3.8, 4) is 6.01 Å². The lowest BCUT2D eigenvalue weighted by Gasteiger charge is -2.06. The summed E-state index contributed by atoms with van der Waals surface area (Å²) in [6.45, 7) is 4.69. The van der Waals surface area contributed by atoms with Gasteiger partial charge in [-0.25, -0.2) is 0 Å². The molecule has 0 aliphatic carbocycles. The van der Waals surface area contributed by atoms with E-state index in [1.54, 1.807) is 0 Å². The molecule has 0 saturated heterocycles. The van der Waals surface area contributed by atoms with Crippen LogP contribution in [0.15, 0.2) is 0 Å². The molecule has 96 valence electrons. The Morgan fingerprint density at radius 1 is 1.35 bits per heavy atom. The highest BCUT2D eigenvalue weighted by atomic mass is 32.2. The molecule has 0 fully saturated rings. The van der Waals surface area contributed by atoms with Gasteiger partial charge in [0.2, 0.25) is 11.9 Å². The lowest BCUT2D eigenvalue weighted by atomic mass is 10.7. The number of rotatable bonds is 7. The van der Waals surface area contributed by atoms with E-state index in [9.17, 15) is 4.21 Å². The Morgan fingerprint density at radius 3 is 2.76 bits per heavy atom. The molecular weight excluding hydrogens is 242 g/mol. The smallest absolute Gasteiger partial charge is 0.323 e. The van der Waals surface area contributed by atoms with Crippen LogP contribution < -0.4 is 15.8 Å². The second-order valence-corrected chi connectivity index (χ2v) is 4.96. The van der Waals surface area contributed by atoms with Crippen LogP contribution in [0.1, 0.15) is 13.8 Å². The molecule has 0 aliphatic heterocycles. The quantitative estimate of drug-likeness (QED) is 0.712. The number of hydrogen-bond donors (Lipinski definition) is 2. The van der Waals surface area contributed by atoms with Crippen molar-refractivity contribution in [2.45, 2.75) is 13.8 Å². The summed E-state index contributed by atoms with van der Waals surface area (Å²) in [4.78, 5) is 11.7. The minimum atomic E-state index is -0.811. The van der Waals surface area contributed by atoms with Gasteiger partial charge in [0.15, 0.2) is 0 Å². The molecule has 3 N–H and O–H groups in total. The molecule has 0 saturated carbocycles. The molecule has 1 aromatic rings. The molecule has 1 aromatic heterocycles. The van der Waals surface area contributed by atoms with E-state index in [4.69, 9.17) is 10.5 Å². The molecule has 0 aromatic carbocycles. The Labute approximate surface area is 103 Å². The second kappa shape index (κ2) is 7.00. The van der Waals surface area contributed by atoms with Gasteiger partial charge in [0.05, 0.1) is 6.61 Å². The number of ether oxygens (including phenoxy) is 1. The maximum Gasteiger partial charge on any atom is 0.323 e. The second-order valence-electron chi connectivity index (χ2n) is 3.09. The third-order valence-corrected chi connectivity index (χ3v) is 3.14. The van der Waals surface area contributed by atoms with Crippen LogP contribution in [0.25, 0.3) is 0 Å². The van der Waals surface area contributed by atoms with E-state index in [0.717, 1.165) is 0 Å². The minimum Gasteiger partial charge on any atom is -0.464 e. The van der Waals surface area contributed by atoms with Gasteiger partial charge in [-0.05, 0) is 6.92 Å². The zero-order chi connectivity index (χ0) is 12.7. The SMILES string of the molecule is CCOc1nc(N)nc(NCCS(=O)CC)n1. The summed E-state index contributed by atoms with van der Waals surface area (Å²) in [6, 6.07) is 0.194. The molecule has 0 radical (unpaired) electrons. The molecule has 8 heteroatoms. The summed E-state index contributed by atoms with van der Waals surface area (Å²) in [6.07, 6.45) is 0. The van der Waals surface area contributed by atoms with Gasteiger partial charge >= 0.3 is 6.01 Å². The predicted octanol–water partition coefficient (Wildman–Crippen LogP) is 0.0330. The molecule has 1 unspecified atom stereocenters. The lowest BCUT2D eigenvalue weighted by molar-refractivity contribution is 0.312. The predicted molar refractivity (Wildman–Crippen MR) is 67.4 cm³/mol. The first kappa shape index (κ1) is 13.6. The first-order chi connectivity index (χ1) is 8.15. The molecule has 1 heterocycles. The van der Waals surface area contributed by atoms with Gasteiger partial charge in [0.25, 0.3) is 0 Å². The summed E-state index contributed by atoms with van der Waals surface area (Å²) in [5.74, 6) is 1.63. The van der Waals surface area contributed by atoms with E-state index >= 15 is 0 Å². The average molecular weight is 259 g/mol. The highest BCUT2D eigenvalue weighted by Crippen LogP contribution is 2.08. The fraction of sp³-hybridized carbons (Fsp3) is 0.667. The molecule has 0 aliphatic rings. The van der Waals surface area contributed by atoms with Crippen LogP contribution in [-0.4, -0.2) is 43.8 Å². The van der Waals surface area contributed by atoms with Gasteiger partial charge in [0.1, 0.15) is 0 Å². The largest absolute Gasteiger partial charge is 0.464 e. The van der Waals surface area contributed by atoms with Crippen molar-refractivity contribution >= 4 is 22.7 Å². The fourth-order valence-corrected chi connectivity index (χ4v) is 1.68. The lowest BCUT2D eigenvalue weighted by Crippen LogP contribution is -2.15. The van der Waals surface area contributed by atoms with E-state index in [1.165, 1.54) is 0 Å². The highest BCUT2D eigenvalue weighted by molar-refractivity contribution is 7.84. The zero-order valence-corrected chi connectivity index (χ0v) is 10.8. The average Bonchev–Trinajstić information content (AvgIpc) is 2.28. The number of nitrogen functional groups attached to an aromatic ring is 1. The van der Waals surface area contributed by atoms with Crippen LogP contribution in [0.4, 0.5) is 11.9 Å². The van der Waals surface area contributed by atoms with Crippen LogP contribution in [-0.2, 0) is 10.8 Å². The summed E-state index contributed by atoms with van der Waals surface area (Å²) in [5.41, 5.74) is 5.51. The van der Waals surface area contributed by atoms with Crippen LogP contribution in [0, 0.1) is 0 Å². The molecule has 0 amide bonds. The summed E-state index contributed by atoms with van der Waals surface area (Å²) in [5, 5.41) is 2.93. The van der Waals surface area contributed by atoms with E-state index in [1.807, 2.05) is 13.8 Å². The van der Waals surface area contributed by atoms with Crippen molar-refractivity contribution in [1.82, 2.24) is 15.0 Å². The number of nitrogens with one attached hydrogen (secondary N) is 1. The van der Waals surface area contributed by atoms with Crippen molar-refractivity contribution in [3.05, 3.63) is 0 Å². The molecule has 0 bridgehead atoms. The fourth-order valence-electron chi connectivity index (χ4n) is 1.07. The van der Waals surface area contributed by atoms with Crippen LogP contribution in [0.2, 0.25) is 0 Å². The van der Waals surface area contributed by atoms with Crippen molar-refractivity contribution in [2.75, 3.05) is 35.7 Å². The standard InChI is InChI=1S/C9H17N5O2S/c1-3-16-9-13-7(10)12-8(14-9)11-5-6-17(15)4-2/h3-6H2,1-2H3,(H3,10,11,12,13,14). The van der Waals surface area contributed by atoms with Gasteiger partial charge in [0, 0.05) is 28.9 Å². The maximum atomic E-state index is 11.2. The number of aromatic nitrogens is 3. The topological polar surface area (TPSA) is 103 Å². The molecule has 1 rings (SSSR count). The maximum absolute atomic E-state index is 11.2. The molecule has 1 atom stereocenters. The van der Waals surface area contributed by atoms with E-state index in [0.29, 0.717) is 30.6 Å². The monoisotopic (exact) mass is 259 g/mol. The van der Waals surface area contributed by atoms with Crippen molar-refractivity contribution in [2.24, 2.45) is 0 Å². The van der Waals surface area contributed by atoms with Gasteiger partial charge in [-0.1, -0.05) is 6.92 Å². The minimum absolute atomic E-state index is 0.0996. The Kier molecular flexibility index (Phi) is 5.61. The van der Waals surface area contributed by atoms with Gasteiger partial charge in [-0.3, -0.25) is 4.21 Å². The zero-order valence-electron chi connectivity index (χ0n) is 9.97. The van der Waals surface area contributed by atoms with Gasteiger partial charge in [-0.15, -0.1) is 0 Å². The first-order valence-electron chi connectivity index (χ1n) is 5.38. The first-order valence-corrected chi connectivity index (χ1v) is 6.87. The molecule has 7 nitrogen and oxygen atoms in total.